The number of carbonyl (C=O) groups excluding carboxylic acids is 1. The number of nitrogens with zero attached hydrogens (tertiary/aromatic N) is 2. The summed E-state index contributed by atoms with van der Waals surface area (Å²) >= 11 is 0. The Hall–Kier alpha value is -2.59. The highest BCUT2D eigenvalue weighted by molar-refractivity contribution is 6.17. The van der Waals surface area contributed by atoms with Crippen molar-refractivity contribution in [3.05, 3.63) is 65.4 Å². The number of ketones is 1. The summed E-state index contributed by atoms with van der Waals surface area (Å²) in [5.74, 6) is 1.46. The lowest BCUT2D eigenvalue weighted by Crippen LogP contribution is -2.34. The first-order chi connectivity index (χ1) is 13.6. The molecule has 4 nitrogen and oxygen atoms in total. The molecule has 0 amide bonds. The van der Waals surface area contributed by atoms with Gasteiger partial charge in [0, 0.05) is 35.2 Å². The Labute approximate surface area is 166 Å². The maximum atomic E-state index is 13.4. The van der Waals surface area contributed by atoms with E-state index in [1.807, 2.05) is 30.3 Å². The molecule has 1 unspecified atom stereocenters. The molecule has 0 radical (unpaired) electrons. The third-order valence-corrected chi connectivity index (χ3v) is 5.97. The summed E-state index contributed by atoms with van der Waals surface area (Å²) in [5, 5.41) is 1.05. The van der Waals surface area contributed by atoms with E-state index in [-0.39, 0.29) is 5.78 Å². The number of likely N-dealkylation sites (tertiary alicyclic amines) is 1. The van der Waals surface area contributed by atoms with Gasteiger partial charge in [0.25, 0.3) is 0 Å². The fourth-order valence-corrected chi connectivity index (χ4v) is 4.52. The molecule has 3 aromatic rings. The molecule has 0 N–H and O–H groups in total. The monoisotopic (exact) mass is 376 g/mol. The lowest BCUT2D eigenvalue weighted by atomic mass is 9.98. The van der Waals surface area contributed by atoms with Gasteiger partial charge in [-0.1, -0.05) is 18.2 Å². The van der Waals surface area contributed by atoms with Gasteiger partial charge in [-0.3, -0.25) is 4.79 Å². The van der Waals surface area contributed by atoms with E-state index < -0.39 is 0 Å². The number of hydrogen-bond donors (Lipinski definition) is 0. The molecular formula is C24H28N2O2. The minimum atomic E-state index is 0.0795. The van der Waals surface area contributed by atoms with E-state index in [9.17, 15) is 4.79 Å². The zero-order chi connectivity index (χ0) is 19.7. The average Bonchev–Trinajstić information content (AvgIpc) is 2.99. The first-order valence-corrected chi connectivity index (χ1v) is 10.0. The first kappa shape index (κ1) is 18.8. The molecule has 4 rings (SSSR count). The Kier molecular flexibility index (Phi) is 5.23. The van der Waals surface area contributed by atoms with Crippen LogP contribution in [0, 0.1) is 12.8 Å². The Morgan fingerprint density at radius 3 is 2.61 bits per heavy atom. The summed E-state index contributed by atoms with van der Waals surface area (Å²) < 4.78 is 7.58. The van der Waals surface area contributed by atoms with Gasteiger partial charge in [-0.2, -0.15) is 0 Å². The van der Waals surface area contributed by atoms with E-state index in [0.717, 1.165) is 41.0 Å². The number of carbonyl (C=O) groups is 1. The predicted molar refractivity (Wildman–Crippen MR) is 113 cm³/mol. The van der Waals surface area contributed by atoms with Gasteiger partial charge < -0.3 is 14.2 Å². The standard InChI is InChI=1S/C24H28N2O2/c1-17-23(24(27)19-10-12-20(28-3)13-11-19)21-8-4-5-9-22(21)26(17)16-18-7-6-14-25(2)15-18/h4-5,8-13,18H,6-7,14-16H2,1-3H3. The number of methoxy groups -OCH3 is 1. The van der Waals surface area contributed by atoms with Gasteiger partial charge in [-0.05, 0) is 69.6 Å². The summed E-state index contributed by atoms with van der Waals surface area (Å²) in [4.78, 5) is 15.8. The molecule has 0 bridgehead atoms. The van der Waals surface area contributed by atoms with Gasteiger partial charge in [-0.15, -0.1) is 0 Å². The molecule has 2 aromatic carbocycles. The normalized spacial score (nSPS) is 17.8. The summed E-state index contributed by atoms with van der Waals surface area (Å²) in [6.45, 7) is 5.35. The van der Waals surface area contributed by atoms with Crippen LogP contribution in [0.3, 0.4) is 0 Å². The van der Waals surface area contributed by atoms with Crippen LogP contribution in [0.15, 0.2) is 48.5 Å². The molecule has 1 fully saturated rings. The zero-order valence-electron chi connectivity index (χ0n) is 16.9. The van der Waals surface area contributed by atoms with E-state index in [1.165, 1.54) is 19.4 Å². The van der Waals surface area contributed by atoms with Crippen LogP contribution < -0.4 is 4.74 Å². The van der Waals surface area contributed by atoms with E-state index in [0.29, 0.717) is 11.5 Å². The maximum absolute atomic E-state index is 13.4. The fraction of sp³-hybridized carbons (Fsp3) is 0.375. The second kappa shape index (κ2) is 7.80. The number of fused-ring (bicyclic) bond motifs is 1. The smallest absolute Gasteiger partial charge is 0.195 e. The third kappa shape index (κ3) is 3.45. The third-order valence-electron chi connectivity index (χ3n) is 5.97. The quantitative estimate of drug-likeness (QED) is 0.614. The molecule has 0 saturated carbocycles. The second-order valence-corrected chi connectivity index (χ2v) is 7.92. The van der Waals surface area contributed by atoms with Crippen LogP contribution in [-0.2, 0) is 6.54 Å². The highest BCUT2D eigenvalue weighted by atomic mass is 16.5. The van der Waals surface area contributed by atoms with Crippen molar-refractivity contribution in [3.8, 4) is 5.75 Å². The largest absolute Gasteiger partial charge is 0.497 e. The number of piperidine rings is 1. The Bertz CT molecular complexity index is 988. The molecule has 1 saturated heterocycles. The number of rotatable bonds is 5. The van der Waals surface area contributed by atoms with Gasteiger partial charge >= 0.3 is 0 Å². The Morgan fingerprint density at radius 1 is 1.14 bits per heavy atom. The van der Waals surface area contributed by atoms with Crippen LogP contribution in [0.25, 0.3) is 10.9 Å². The van der Waals surface area contributed by atoms with E-state index in [4.69, 9.17) is 4.74 Å². The van der Waals surface area contributed by atoms with Gasteiger partial charge in [0.05, 0.1) is 12.7 Å². The molecule has 146 valence electrons. The van der Waals surface area contributed by atoms with Gasteiger partial charge in [-0.25, -0.2) is 0 Å². The number of benzene rings is 2. The van der Waals surface area contributed by atoms with Crippen LogP contribution in [0.2, 0.25) is 0 Å². The molecule has 1 atom stereocenters. The number of para-hydroxylation sites is 1. The first-order valence-electron chi connectivity index (χ1n) is 10.0. The predicted octanol–water partition coefficient (Wildman–Crippen LogP) is 4.53. The SMILES string of the molecule is COc1ccc(C(=O)c2c(C)n(CC3CCCN(C)C3)c3ccccc23)cc1. The van der Waals surface area contributed by atoms with E-state index in [1.54, 1.807) is 7.11 Å². The van der Waals surface area contributed by atoms with Gasteiger partial charge in [0.2, 0.25) is 0 Å². The molecule has 0 spiro atoms. The number of ether oxygens (including phenoxy) is 1. The summed E-state index contributed by atoms with van der Waals surface area (Å²) in [6, 6.07) is 15.7. The average molecular weight is 377 g/mol. The molecule has 28 heavy (non-hydrogen) atoms. The van der Waals surface area contributed by atoms with Crippen molar-refractivity contribution < 1.29 is 9.53 Å². The van der Waals surface area contributed by atoms with E-state index in [2.05, 4.69) is 41.6 Å². The minimum Gasteiger partial charge on any atom is -0.497 e. The topological polar surface area (TPSA) is 34.5 Å². The Morgan fingerprint density at radius 2 is 1.89 bits per heavy atom. The summed E-state index contributed by atoms with van der Waals surface area (Å²) in [5.41, 5.74) is 3.74. The van der Waals surface area contributed by atoms with E-state index >= 15 is 0 Å². The lowest BCUT2D eigenvalue weighted by molar-refractivity contribution is 0.103. The van der Waals surface area contributed by atoms with Crippen molar-refractivity contribution in [2.45, 2.75) is 26.3 Å². The summed E-state index contributed by atoms with van der Waals surface area (Å²) in [7, 11) is 3.84. The van der Waals surface area contributed by atoms with Crippen LogP contribution in [0.5, 0.6) is 5.75 Å². The molecular weight excluding hydrogens is 348 g/mol. The summed E-state index contributed by atoms with van der Waals surface area (Å²) in [6.07, 6.45) is 2.50. The highest BCUT2D eigenvalue weighted by Gasteiger charge is 2.24. The van der Waals surface area contributed by atoms with Crippen LogP contribution in [0.1, 0.15) is 34.5 Å². The molecule has 1 aliphatic rings. The number of hydrogen-bond acceptors (Lipinski definition) is 3. The second-order valence-electron chi connectivity index (χ2n) is 7.92. The van der Waals surface area contributed by atoms with Crippen LogP contribution in [0.4, 0.5) is 0 Å². The lowest BCUT2D eigenvalue weighted by Gasteiger charge is -2.30. The highest BCUT2D eigenvalue weighted by Crippen LogP contribution is 2.30. The van der Waals surface area contributed by atoms with Crippen LogP contribution in [-0.4, -0.2) is 42.5 Å². The van der Waals surface area contributed by atoms with Crippen molar-refractivity contribution >= 4 is 16.7 Å². The minimum absolute atomic E-state index is 0.0795. The van der Waals surface area contributed by atoms with Crippen molar-refractivity contribution in [1.29, 1.82) is 0 Å². The van der Waals surface area contributed by atoms with Crippen molar-refractivity contribution in [3.63, 3.8) is 0 Å². The zero-order valence-corrected chi connectivity index (χ0v) is 16.9. The van der Waals surface area contributed by atoms with Gasteiger partial charge in [0.15, 0.2) is 5.78 Å². The van der Waals surface area contributed by atoms with Crippen LogP contribution >= 0.6 is 0 Å². The van der Waals surface area contributed by atoms with Crippen molar-refractivity contribution in [2.24, 2.45) is 5.92 Å². The van der Waals surface area contributed by atoms with Gasteiger partial charge in [0.1, 0.15) is 5.75 Å². The fourth-order valence-electron chi connectivity index (χ4n) is 4.52. The maximum Gasteiger partial charge on any atom is 0.195 e. The Balaban J connectivity index is 1.74. The molecule has 4 heteroatoms. The molecule has 1 aromatic heterocycles. The molecule has 2 heterocycles. The van der Waals surface area contributed by atoms with Crippen molar-refractivity contribution in [1.82, 2.24) is 9.47 Å². The van der Waals surface area contributed by atoms with Crippen molar-refractivity contribution in [2.75, 3.05) is 27.2 Å². The molecule has 0 aliphatic carbocycles. The number of aromatic nitrogens is 1. The molecule has 1 aliphatic heterocycles.